The molecule has 0 saturated carbocycles. The summed E-state index contributed by atoms with van der Waals surface area (Å²) in [7, 11) is -0.173. The van der Waals surface area contributed by atoms with Gasteiger partial charge in [0.05, 0.1) is 5.16 Å². The third-order valence-electron chi connectivity index (χ3n) is 2.80. The summed E-state index contributed by atoms with van der Waals surface area (Å²) < 4.78 is 11.2. The van der Waals surface area contributed by atoms with E-state index in [0.717, 1.165) is 0 Å². The molecule has 16 heavy (non-hydrogen) atoms. The smallest absolute Gasteiger partial charge is 0.303 e. The van der Waals surface area contributed by atoms with Crippen LogP contribution in [0.5, 0.6) is 0 Å². The lowest BCUT2D eigenvalue weighted by molar-refractivity contribution is -0.137. The lowest BCUT2D eigenvalue weighted by Gasteiger charge is -2.30. The van der Waals surface area contributed by atoms with E-state index in [2.05, 4.69) is 0 Å². The van der Waals surface area contributed by atoms with Crippen molar-refractivity contribution in [2.45, 2.75) is 44.7 Å². The topological polar surface area (TPSA) is 91.7 Å². The Labute approximate surface area is 96.1 Å². The first-order chi connectivity index (χ1) is 7.34. The zero-order valence-electron chi connectivity index (χ0n) is 9.47. The predicted octanol–water partition coefficient (Wildman–Crippen LogP) is 2.40. The lowest BCUT2D eigenvalue weighted by Crippen LogP contribution is -2.30. The van der Waals surface area contributed by atoms with Crippen LogP contribution in [-0.2, 0) is 14.2 Å². The first kappa shape index (κ1) is 15.0. The molecular weight excluding hydrogens is 231 g/mol. The van der Waals surface area contributed by atoms with Gasteiger partial charge in [0.15, 0.2) is 8.46 Å². The van der Waals surface area contributed by atoms with Gasteiger partial charge in [0.1, 0.15) is 0 Å². The standard InChI is InChI=1S/C10H17O5P/c1-7(2)10(16-15,5-3-8(11)12)6-4-9(13)14/h7H,3-6H2,1-2H3,(H,11,12)(H,13,14). The number of carboxylic acids is 2. The molecule has 0 aromatic carbocycles. The molecule has 0 heterocycles. The minimum atomic E-state index is -0.955. The van der Waals surface area contributed by atoms with Crippen molar-refractivity contribution in [2.75, 3.05) is 0 Å². The predicted molar refractivity (Wildman–Crippen MR) is 58.9 cm³/mol. The van der Waals surface area contributed by atoms with Gasteiger partial charge in [-0.3, -0.25) is 14.2 Å². The van der Waals surface area contributed by atoms with Crippen LogP contribution in [0.2, 0.25) is 0 Å². The quantitative estimate of drug-likeness (QED) is 0.643. The van der Waals surface area contributed by atoms with Crippen LogP contribution in [0.1, 0.15) is 39.5 Å². The molecule has 0 fully saturated rings. The van der Waals surface area contributed by atoms with Crippen molar-refractivity contribution in [3.63, 3.8) is 0 Å². The van der Waals surface area contributed by atoms with E-state index in [4.69, 9.17) is 10.2 Å². The largest absolute Gasteiger partial charge is 0.481 e. The molecule has 0 aliphatic carbocycles. The maximum absolute atomic E-state index is 11.2. The molecule has 0 aromatic heterocycles. The van der Waals surface area contributed by atoms with Crippen molar-refractivity contribution in [1.29, 1.82) is 0 Å². The van der Waals surface area contributed by atoms with E-state index in [1.165, 1.54) is 0 Å². The molecule has 0 aliphatic heterocycles. The first-order valence-electron chi connectivity index (χ1n) is 5.12. The molecule has 2 N–H and O–H groups in total. The third kappa shape index (κ3) is 4.71. The van der Waals surface area contributed by atoms with Gasteiger partial charge >= 0.3 is 11.9 Å². The Bertz CT molecular complexity index is 256. The summed E-state index contributed by atoms with van der Waals surface area (Å²) in [6.07, 6.45) is 0.288. The zero-order valence-corrected chi connectivity index (χ0v) is 10.4. The van der Waals surface area contributed by atoms with Gasteiger partial charge in [0, 0.05) is 12.8 Å². The maximum atomic E-state index is 11.2. The van der Waals surface area contributed by atoms with Crippen LogP contribution in [0.3, 0.4) is 0 Å². The normalized spacial score (nSPS) is 11.9. The number of carbonyl (C=O) groups is 2. The molecule has 6 heteroatoms. The average Bonchev–Trinajstić information content (AvgIpc) is 2.17. The van der Waals surface area contributed by atoms with Crippen LogP contribution in [-0.4, -0.2) is 27.3 Å². The fourth-order valence-corrected chi connectivity index (χ4v) is 2.16. The maximum Gasteiger partial charge on any atom is 0.303 e. The van der Waals surface area contributed by atoms with Crippen LogP contribution >= 0.6 is 8.46 Å². The number of hydrogen-bond donors (Lipinski definition) is 2. The highest BCUT2D eigenvalue weighted by Gasteiger charge is 2.35. The molecule has 5 nitrogen and oxygen atoms in total. The van der Waals surface area contributed by atoms with E-state index in [0.29, 0.717) is 0 Å². The summed E-state index contributed by atoms with van der Waals surface area (Å²) in [6, 6.07) is 0. The lowest BCUT2D eigenvalue weighted by atomic mass is 9.86. The highest BCUT2D eigenvalue weighted by atomic mass is 31.1. The second kappa shape index (κ2) is 6.59. The molecule has 0 bridgehead atoms. The Kier molecular flexibility index (Phi) is 6.19. The summed E-state index contributed by atoms with van der Waals surface area (Å²) in [4.78, 5) is 21.0. The van der Waals surface area contributed by atoms with Gasteiger partial charge in [-0.1, -0.05) is 13.8 Å². The van der Waals surface area contributed by atoms with Crippen molar-refractivity contribution >= 4 is 20.4 Å². The summed E-state index contributed by atoms with van der Waals surface area (Å²) >= 11 is 0. The van der Waals surface area contributed by atoms with Crippen LogP contribution in [0, 0.1) is 5.92 Å². The molecule has 0 rings (SSSR count). The Morgan fingerprint density at radius 2 is 1.50 bits per heavy atom. The van der Waals surface area contributed by atoms with E-state index in [1.807, 2.05) is 13.8 Å². The second-order valence-electron chi connectivity index (χ2n) is 4.14. The molecular formula is C10H17O5P. The van der Waals surface area contributed by atoms with Gasteiger partial charge in [0.25, 0.3) is 0 Å². The average molecular weight is 248 g/mol. The van der Waals surface area contributed by atoms with Gasteiger partial charge < -0.3 is 10.2 Å². The van der Waals surface area contributed by atoms with E-state index in [9.17, 15) is 14.2 Å². The van der Waals surface area contributed by atoms with Gasteiger partial charge in [-0.05, 0) is 18.8 Å². The molecule has 0 unspecified atom stereocenters. The monoisotopic (exact) mass is 248 g/mol. The SMILES string of the molecule is CC(C)C(CCC(=O)O)(CCC(=O)O)P=O. The van der Waals surface area contributed by atoms with Crippen molar-refractivity contribution < 1.29 is 24.4 Å². The summed E-state index contributed by atoms with van der Waals surface area (Å²) in [5, 5.41) is 16.5. The van der Waals surface area contributed by atoms with Gasteiger partial charge in [0.2, 0.25) is 0 Å². The second-order valence-corrected chi connectivity index (χ2v) is 5.21. The summed E-state index contributed by atoms with van der Waals surface area (Å²) in [6.45, 7) is 3.66. The minimum Gasteiger partial charge on any atom is -0.481 e. The van der Waals surface area contributed by atoms with Crippen molar-refractivity contribution in [2.24, 2.45) is 5.92 Å². The fourth-order valence-electron chi connectivity index (χ4n) is 1.55. The van der Waals surface area contributed by atoms with Crippen LogP contribution in [0.25, 0.3) is 0 Å². The number of carboxylic acid groups (broad SMARTS) is 2. The van der Waals surface area contributed by atoms with Crippen molar-refractivity contribution in [1.82, 2.24) is 0 Å². The molecule has 0 aliphatic rings. The summed E-state index contributed by atoms with van der Waals surface area (Å²) in [5.41, 5.74) is 0. The van der Waals surface area contributed by atoms with E-state index >= 15 is 0 Å². The minimum absolute atomic E-state index is 0.0228. The Hall–Kier alpha value is -0.960. The molecule has 0 spiro atoms. The Morgan fingerprint density at radius 3 is 1.69 bits per heavy atom. The third-order valence-corrected chi connectivity index (χ3v) is 4.13. The van der Waals surface area contributed by atoms with Crippen LogP contribution < -0.4 is 0 Å². The Balaban J connectivity index is 4.63. The zero-order chi connectivity index (χ0) is 12.8. The van der Waals surface area contributed by atoms with Crippen molar-refractivity contribution in [3.05, 3.63) is 0 Å². The molecule has 0 saturated heterocycles. The van der Waals surface area contributed by atoms with Gasteiger partial charge in [-0.15, -0.1) is 0 Å². The van der Waals surface area contributed by atoms with E-state index in [-0.39, 0.29) is 40.1 Å². The molecule has 0 aromatic rings. The fraction of sp³-hybridized carbons (Fsp3) is 0.800. The van der Waals surface area contributed by atoms with E-state index < -0.39 is 17.1 Å². The number of hydrogen-bond acceptors (Lipinski definition) is 3. The Morgan fingerprint density at radius 1 is 1.12 bits per heavy atom. The summed E-state index contributed by atoms with van der Waals surface area (Å²) in [5.74, 6) is -1.93. The molecule has 0 amide bonds. The van der Waals surface area contributed by atoms with Crippen LogP contribution in [0.15, 0.2) is 0 Å². The molecule has 92 valence electrons. The highest BCUT2D eigenvalue weighted by Crippen LogP contribution is 2.40. The first-order valence-corrected chi connectivity index (χ1v) is 5.93. The highest BCUT2D eigenvalue weighted by molar-refractivity contribution is 7.26. The van der Waals surface area contributed by atoms with Crippen molar-refractivity contribution in [3.8, 4) is 0 Å². The van der Waals surface area contributed by atoms with E-state index in [1.54, 1.807) is 0 Å². The molecule has 0 atom stereocenters. The molecule has 0 radical (unpaired) electrons. The van der Waals surface area contributed by atoms with Gasteiger partial charge in [-0.25, -0.2) is 0 Å². The van der Waals surface area contributed by atoms with Gasteiger partial charge in [-0.2, -0.15) is 0 Å². The number of rotatable bonds is 8. The number of aliphatic carboxylic acids is 2. The van der Waals surface area contributed by atoms with Crippen LogP contribution in [0.4, 0.5) is 0 Å².